The van der Waals surface area contributed by atoms with Gasteiger partial charge in [-0.3, -0.25) is 4.79 Å². The summed E-state index contributed by atoms with van der Waals surface area (Å²) in [6.07, 6.45) is 2.03. The molecular weight excluding hydrogens is 204 g/mol. The Bertz CT molecular complexity index is 364. The van der Waals surface area contributed by atoms with Crippen molar-refractivity contribution in [2.45, 2.75) is 19.8 Å². The summed E-state index contributed by atoms with van der Waals surface area (Å²) in [6.45, 7) is 2.77. The number of rotatable bonds is 5. The van der Waals surface area contributed by atoms with E-state index in [2.05, 4.69) is 12.2 Å². The third-order valence-electron chi connectivity index (χ3n) is 2.24. The van der Waals surface area contributed by atoms with E-state index in [9.17, 15) is 4.79 Å². The van der Waals surface area contributed by atoms with Crippen LogP contribution in [0.4, 0.5) is 5.69 Å². The minimum atomic E-state index is -0.112. The van der Waals surface area contributed by atoms with Crippen molar-refractivity contribution < 1.29 is 9.53 Å². The summed E-state index contributed by atoms with van der Waals surface area (Å²) in [6, 6.07) is 5.00. The van der Waals surface area contributed by atoms with E-state index >= 15 is 0 Å². The van der Waals surface area contributed by atoms with Gasteiger partial charge in [0.05, 0.1) is 7.11 Å². The number of hydrogen-bond donors (Lipinski definition) is 2. The van der Waals surface area contributed by atoms with Crippen LogP contribution in [0.1, 0.15) is 30.1 Å². The maximum absolute atomic E-state index is 11.7. The number of anilines is 1. The smallest absolute Gasteiger partial charge is 0.251 e. The van der Waals surface area contributed by atoms with Crippen LogP contribution in [-0.4, -0.2) is 19.6 Å². The molecule has 0 heterocycles. The Labute approximate surface area is 95.8 Å². The Morgan fingerprint density at radius 3 is 2.81 bits per heavy atom. The van der Waals surface area contributed by atoms with Crippen LogP contribution in [0.3, 0.4) is 0 Å². The van der Waals surface area contributed by atoms with Gasteiger partial charge in [-0.1, -0.05) is 13.3 Å². The van der Waals surface area contributed by atoms with Crippen LogP contribution >= 0.6 is 0 Å². The number of ether oxygens (including phenoxy) is 1. The lowest BCUT2D eigenvalue weighted by Gasteiger charge is -2.07. The predicted octanol–water partition coefficient (Wildman–Crippen LogP) is 1.81. The van der Waals surface area contributed by atoms with Crippen molar-refractivity contribution in [3.05, 3.63) is 23.8 Å². The monoisotopic (exact) mass is 222 g/mol. The van der Waals surface area contributed by atoms with Crippen LogP contribution in [-0.2, 0) is 0 Å². The molecule has 88 valence electrons. The van der Waals surface area contributed by atoms with Crippen molar-refractivity contribution in [3.8, 4) is 5.75 Å². The molecule has 0 aliphatic rings. The fraction of sp³-hybridized carbons (Fsp3) is 0.417. The Balaban J connectivity index is 2.71. The van der Waals surface area contributed by atoms with Crippen LogP contribution in [0, 0.1) is 0 Å². The fourth-order valence-electron chi connectivity index (χ4n) is 1.35. The highest BCUT2D eigenvalue weighted by Gasteiger charge is 2.07. The van der Waals surface area contributed by atoms with E-state index in [1.54, 1.807) is 25.3 Å². The Morgan fingerprint density at radius 1 is 1.44 bits per heavy atom. The van der Waals surface area contributed by atoms with Gasteiger partial charge in [-0.2, -0.15) is 0 Å². The number of carbonyl (C=O) groups excluding carboxylic acids is 1. The van der Waals surface area contributed by atoms with Crippen molar-refractivity contribution in [1.29, 1.82) is 0 Å². The number of benzene rings is 1. The van der Waals surface area contributed by atoms with Gasteiger partial charge in [-0.25, -0.2) is 0 Å². The quantitative estimate of drug-likeness (QED) is 0.590. The topological polar surface area (TPSA) is 64.4 Å². The van der Waals surface area contributed by atoms with Gasteiger partial charge >= 0.3 is 0 Å². The first kappa shape index (κ1) is 12.4. The van der Waals surface area contributed by atoms with E-state index in [4.69, 9.17) is 10.5 Å². The molecule has 0 radical (unpaired) electrons. The van der Waals surface area contributed by atoms with Gasteiger partial charge in [0.1, 0.15) is 5.75 Å². The maximum Gasteiger partial charge on any atom is 0.251 e. The molecule has 0 saturated heterocycles. The molecule has 0 saturated carbocycles. The second kappa shape index (κ2) is 6.00. The first-order chi connectivity index (χ1) is 7.67. The molecule has 0 aliphatic carbocycles. The standard InChI is InChI=1S/C12H18N2O2/c1-3-4-5-14-12(15)9-6-10(13)8-11(7-9)16-2/h6-8H,3-5,13H2,1-2H3,(H,14,15). The van der Waals surface area contributed by atoms with E-state index < -0.39 is 0 Å². The zero-order chi connectivity index (χ0) is 12.0. The lowest BCUT2D eigenvalue weighted by molar-refractivity contribution is 0.0953. The Hall–Kier alpha value is -1.71. The molecule has 0 bridgehead atoms. The second-order valence-electron chi connectivity index (χ2n) is 3.60. The molecule has 1 aromatic carbocycles. The summed E-state index contributed by atoms with van der Waals surface area (Å²) in [5, 5.41) is 2.83. The van der Waals surface area contributed by atoms with Gasteiger partial charge < -0.3 is 15.8 Å². The zero-order valence-corrected chi connectivity index (χ0v) is 9.75. The summed E-state index contributed by atoms with van der Waals surface area (Å²) in [7, 11) is 1.55. The SMILES string of the molecule is CCCCNC(=O)c1cc(N)cc(OC)c1. The minimum absolute atomic E-state index is 0.112. The molecule has 0 unspecified atom stereocenters. The van der Waals surface area contributed by atoms with Crippen LogP contribution in [0.15, 0.2) is 18.2 Å². The summed E-state index contributed by atoms with van der Waals surface area (Å²) in [4.78, 5) is 11.7. The molecule has 0 spiro atoms. The highest BCUT2D eigenvalue weighted by molar-refractivity contribution is 5.95. The lowest BCUT2D eigenvalue weighted by atomic mass is 10.1. The van der Waals surface area contributed by atoms with Gasteiger partial charge in [0.15, 0.2) is 0 Å². The number of nitrogens with one attached hydrogen (secondary N) is 1. The first-order valence-corrected chi connectivity index (χ1v) is 5.40. The van der Waals surface area contributed by atoms with E-state index in [1.165, 1.54) is 0 Å². The molecule has 1 rings (SSSR count). The minimum Gasteiger partial charge on any atom is -0.497 e. The molecule has 4 heteroatoms. The molecule has 3 N–H and O–H groups in total. The van der Waals surface area contributed by atoms with Gasteiger partial charge in [0.25, 0.3) is 5.91 Å². The van der Waals surface area contributed by atoms with E-state index in [0.29, 0.717) is 23.5 Å². The fourth-order valence-corrected chi connectivity index (χ4v) is 1.35. The third-order valence-corrected chi connectivity index (χ3v) is 2.24. The van der Waals surface area contributed by atoms with Crippen molar-refractivity contribution in [3.63, 3.8) is 0 Å². The number of carbonyl (C=O) groups is 1. The molecule has 0 fully saturated rings. The normalized spacial score (nSPS) is 9.88. The van der Waals surface area contributed by atoms with Gasteiger partial charge in [0.2, 0.25) is 0 Å². The van der Waals surface area contributed by atoms with Gasteiger partial charge in [-0.05, 0) is 18.6 Å². The van der Waals surface area contributed by atoms with E-state index in [1.807, 2.05) is 0 Å². The van der Waals surface area contributed by atoms with Crippen molar-refractivity contribution >= 4 is 11.6 Å². The van der Waals surface area contributed by atoms with Crippen LogP contribution < -0.4 is 15.8 Å². The number of nitrogen functional groups attached to an aromatic ring is 1. The Morgan fingerprint density at radius 2 is 2.19 bits per heavy atom. The van der Waals surface area contributed by atoms with Gasteiger partial charge in [0, 0.05) is 23.9 Å². The number of hydrogen-bond acceptors (Lipinski definition) is 3. The Kier molecular flexibility index (Phi) is 4.64. The average molecular weight is 222 g/mol. The molecule has 16 heavy (non-hydrogen) atoms. The maximum atomic E-state index is 11.7. The van der Waals surface area contributed by atoms with E-state index in [0.717, 1.165) is 12.8 Å². The molecule has 4 nitrogen and oxygen atoms in total. The zero-order valence-electron chi connectivity index (χ0n) is 9.75. The molecule has 0 aliphatic heterocycles. The summed E-state index contributed by atoms with van der Waals surface area (Å²) in [5.74, 6) is 0.486. The average Bonchev–Trinajstić information content (AvgIpc) is 2.28. The second-order valence-corrected chi connectivity index (χ2v) is 3.60. The molecule has 1 amide bonds. The van der Waals surface area contributed by atoms with Crippen LogP contribution in [0.2, 0.25) is 0 Å². The lowest BCUT2D eigenvalue weighted by Crippen LogP contribution is -2.24. The summed E-state index contributed by atoms with van der Waals surface area (Å²) >= 11 is 0. The molecule has 1 aromatic rings. The molecular formula is C12H18N2O2. The number of nitrogens with two attached hydrogens (primary N) is 1. The van der Waals surface area contributed by atoms with Crippen molar-refractivity contribution in [2.24, 2.45) is 0 Å². The highest BCUT2D eigenvalue weighted by atomic mass is 16.5. The largest absolute Gasteiger partial charge is 0.497 e. The highest BCUT2D eigenvalue weighted by Crippen LogP contribution is 2.18. The number of methoxy groups -OCH3 is 1. The van der Waals surface area contributed by atoms with Crippen molar-refractivity contribution in [2.75, 3.05) is 19.4 Å². The number of amides is 1. The van der Waals surface area contributed by atoms with Crippen LogP contribution in [0.5, 0.6) is 5.75 Å². The predicted molar refractivity (Wildman–Crippen MR) is 64.6 cm³/mol. The number of unbranched alkanes of at least 4 members (excludes halogenated alkanes) is 1. The summed E-state index contributed by atoms with van der Waals surface area (Å²) < 4.78 is 5.05. The first-order valence-electron chi connectivity index (χ1n) is 5.40. The molecule has 0 atom stereocenters. The van der Waals surface area contributed by atoms with Crippen LogP contribution in [0.25, 0.3) is 0 Å². The molecule has 0 aromatic heterocycles. The van der Waals surface area contributed by atoms with E-state index in [-0.39, 0.29) is 5.91 Å². The van der Waals surface area contributed by atoms with Crippen molar-refractivity contribution in [1.82, 2.24) is 5.32 Å². The third kappa shape index (κ3) is 3.46. The van der Waals surface area contributed by atoms with Gasteiger partial charge in [-0.15, -0.1) is 0 Å². The summed E-state index contributed by atoms with van der Waals surface area (Å²) in [5.41, 5.74) is 6.73.